The van der Waals surface area contributed by atoms with E-state index < -0.39 is 0 Å². The Morgan fingerprint density at radius 1 is 1.31 bits per heavy atom. The molecule has 0 fully saturated rings. The molecule has 1 heterocycles. The number of carbonyl (C=O) groups is 1. The highest BCUT2D eigenvalue weighted by atomic mass is 79.9. The lowest BCUT2D eigenvalue weighted by atomic mass is 10.0. The lowest BCUT2D eigenvalue weighted by Gasteiger charge is -2.38. The van der Waals surface area contributed by atoms with Gasteiger partial charge in [-0.3, -0.25) is 4.79 Å². The Morgan fingerprint density at radius 2 is 2.12 bits per heavy atom. The van der Waals surface area contributed by atoms with Crippen molar-refractivity contribution in [3.8, 4) is 5.75 Å². The standard InChI is InChI=1S/C19H20BrClN2O3/c1-2-7-23-18(14-6-4-13(11-16(14)20)26-9-8-24)22-17-10-12(21)3-5-15(17)19(23)25/h3-6,10-11,18,22,24H,2,7-9H2,1H3. The molecule has 2 aromatic carbocycles. The summed E-state index contributed by atoms with van der Waals surface area (Å²) in [5.41, 5.74) is 2.28. The highest BCUT2D eigenvalue weighted by Gasteiger charge is 2.33. The first-order valence-electron chi connectivity index (χ1n) is 8.45. The van der Waals surface area contributed by atoms with Crippen molar-refractivity contribution < 1.29 is 14.6 Å². The number of ether oxygens (including phenoxy) is 1. The average molecular weight is 440 g/mol. The highest BCUT2D eigenvalue weighted by Crippen LogP contribution is 2.38. The Kier molecular flexibility index (Phi) is 6.06. The van der Waals surface area contributed by atoms with Crippen LogP contribution in [0.4, 0.5) is 5.69 Å². The van der Waals surface area contributed by atoms with Gasteiger partial charge in [0.1, 0.15) is 18.5 Å². The van der Waals surface area contributed by atoms with E-state index >= 15 is 0 Å². The van der Waals surface area contributed by atoms with Crippen LogP contribution in [0.5, 0.6) is 5.75 Å². The molecule has 138 valence electrons. The summed E-state index contributed by atoms with van der Waals surface area (Å²) in [6.07, 6.45) is 0.539. The molecule has 1 atom stereocenters. The van der Waals surface area contributed by atoms with Gasteiger partial charge in [0.2, 0.25) is 0 Å². The van der Waals surface area contributed by atoms with E-state index in [-0.39, 0.29) is 25.3 Å². The monoisotopic (exact) mass is 438 g/mol. The molecule has 3 rings (SSSR count). The van der Waals surface area contributed by atoms with Crippen LogP contribution in [0.3, 0.4) is 0 Å². The van der Waals surface area contributed by atoms with Gasteiger partial charge in [0.25, 0.3) is 5.91 Å². The maximum atomic E-state index is 13.0. The number of halogens is 2. The smallest absolute Gasteiger partial charge is 0.257 e. The fraction of sp³-hybridized carbons (Fsp3) is 0.316. The van der Waals surface area contributed by atoms with E-state index in [4.69, 9.17) is 21.4 Å². The summed E-state index contributed by atoms with van der Waals surface area (Å²) in [6.45, 7) is 2.87. The number of hydrogen-bond donors (Lipinski definition) is 2. The highest BCUT2D eigenvalue weighted by molar-refractivity contribution is 9.10. The van der Waals surface area contributed by atoms with Crippen molar-refractivity contribution in [3.05, 3.63) is 57.0 Å². The Bertz CT molecular complexity index is 815. The molecular weight excluding hydrogens is 420 g/mol. The van der Waals surface area contributed by atoms with Crippen molar-refractivity contribution in [2.24, 2.45) is 0 Å². The fourth-order valence-electron chi connectivity index (χ4n) is 3.02. The summed E-state index contributed by atoms with van der Waals surface area (Å²) in [7, 11) is 0. The van der Waals surface area contributed by atoms with Crippen molar-refractivity contribution in [1.29, 1.82) is 0 Å². The SMILES string of the molecule is CCCN1C(=O)c2ccc(Cl)cc2NC1c1ccc(OCCO)cc1Br. The van der Waals surface area contributed by atoms with Crippen LogP contribution >= 0.6 is 27.5 Å². The van der Waals surface area contributed by atoms with Crippen LogP contribution < -0.4 is 10.1 Å². The van der Waals surface area contributed by atoms with E-state index in [1.54, 1.807) is 18.2 Å². The van der Waals surface area contributed by atoms with Gasteiger partial charge in [-0.25, -0.2) is 0 Å². The molecule has 0 aliphatic carbocycles. The molecule has 0 saturated carbocycles. The molecule has 2 N–H and O–H groups in total. The summed E-state index contributed by atoms with van der Waals surface area (Å²) < 4.78 is 6.27. The fourth-order valence-corrected chi connectivity index (χ4v) is 3.77. The number of aliphatic hydroxyl groups excluding tert-OH is 1. The molecule has 7 heteroatoms. The number of rotatable bonds is 6. The van der Waals surface area contributed by atoms with Gasteiger partial charge in [-0.1, -0.05) is 40.5 Å². The number of benzene rings is 2. The van der Waals surface area contributed by atoms with Crippen LogP contribution in [0, 0.1) is 0 Å². The lowest BCUT2D eigenvalue weighted by molar-refractivity contribution is 0.0682. The van der Waals surface area contributed by atoms with Crippen LogP contribution in [0.2, 0.25) is 5.02 Å². The van der Waals surface area contributed by atoms with Crippen LogP contribution in [0.15, 0.2) is 40.9 Å². The average Bonchev–Trinajstić information content (AvgIpc) is 2.62. The number of hydrogen-bond acceptors (Lipinski definition) is 4. The Balaban J connectivity index is 1.98. The van der Waals surface area contributed by atoms with Crippen LogP contribution in [-0.2, 0) is 0 Å². The van der Waals surface area contributed by atoms with Crippen LogP contribution in [0.1, 0.15) is 35.4 Å². The van der Waals surface area contributed by atoms with Crippen molar-refractivity contribution >= 4 is 39.1 Å². The van der Waals surface area contributed by atoms with Gasteiger partial charge in [-0.2, -0.15) is 0 Å². The van der Waals surface area contributed by atoms with E-state index in [1.165, 1.54) is 0 Å². The van der Waals surface area contributed by atoms with Gasteiger partial charge < -0.3 is 20.1 Å². The summed E-state index contributed by atoms with van der Waals surface area (Å²) in [5, 5.41) is 12.9. The molecule has 0 bridgehead atoms. The van der Waals surface area contributed by atoms with Crippen molar-refractivity contribution in [2.45, 2.75) is 19.5 Å². The van der Waals surface area contributed by atoms with Gasteiger partial charge >= 0.3 is 0 Å². The zero-order valence-corrected chi connectivity index (χ0v) is 16.7. The number of fused-ring (bicyclic) bond motifs is 1. The number of carbonyl (C=O) groups excluding carboxylic acids is 1. The minimum atomic E-state index is -0.310. The van der Waals surface area contributed by atoms with Gasteiger partial charge in [-0.15, -0.1) is 0 Å². The minimum Gasteiger partial charge on any atom is -0.491 e. The van der Waals surface area contributed by atoms with E-state index in [9.17, 15) is 4.79 Å². The number of aliphatic hydroxyl groups is 1. The molecule has 0 spiro atoms. The summed E-state index contributed by atoms with van der Waals surface area (Å²) in [5.74, 6) is 0.636. The molecule has 2 aromatic rings. The van der Waals surface area contributed by atoms with Gasteiger partial charge in [0.15, 0.2) is 0 Å². The summed E-state index contributed by atoms with van der Waals surface area (Å²) >= 11 is 9.69. The van der Waals surface area contributed by atoms with Gasteiger partial charge in [0.05, 0.1) is 17.9 Å². The second-order valence-electron chi connectivity index (χ2n) is 5.99. The normalized spacial score (nSPS) is 16.2. The zero-order chi connectivity index (χ0) is 18.7. The molecule has 1 amide bonds. The maximum Gasteiger partial charge on any atom is 0.257 e. The first-order valence-corrected chi connectivity index (χ1v) is 9.62. The Morgan fingerprint density at radius 3 is 2.81 bits per heavy atom. The lowest BCUT2D eigenvalue weighted by Crippen LogP contribution is -2.43. The van der Waals surface area contributed by atoms with E-state index in [0.717, 1.165) is 22.1 Å². The number of nitrogens with one attached hydrogen (secondary N) is 1. The molecule has 1 unspecified atom stereocenters. The van der Waals surface area contributed by atoms with E-state index in [0.29, 0.717) is 22.9 Å². The molecule has 5 nitrogen and oxygen atoms in total. The third kappa shape index (κ3) is 3.82. The van der Waals surface area contributed by atoms with E-state index in [1.807, 2.05) is 30.0 Å². The van der Waals surface area contributed by atoms with Crippen molar-refractivity contribution in [1.82, 2.24) is 4.90 Å². The number of nitrogens with zero attached hydrogens (tertiary/aromatic N) is 1. The second-order valence-corrected chi connectivity index (χ2v) is 7.28. The molecule has 1 aliphatic heterocycles. The Labute approximate surface area is 166 Å². The van der Waals surface area contributed by atoms with Gasteiger partial charge in [0, 0.05) is 21.6 Å². The zero-order valence-electron chi connectivity index (χ0n) is 14.3. The predicted octanol–water partition coefficient (Wildman–Crippen LogP) is 4.45. The third-order valence-electron chi connectivity index (χ3n) is 4.17. The van der Waals surface area contributed by atoms with E-state index in [2.05, 4.69) is 21.2 Å². The second kappa shape index (κ2) is 8.29. The van der Waals surface area contributed by atoms with Crippen molar-refractivity contribution in [2.75, 3.05) is 25.1 Å². The van der Waals surface area contributed by atoms with Crippen LogP contribution in [0.25, 0.3) is 0 Å². The molecular formula is C19H20BrClN2O3. The summed E-state index contributed by atoms with van der Waals surface area (Å²) in [4.78, 5) is 14.8. The number of anilines is 1. The van der Waals surface area contributed by atoms with Gasteiger partial charge in [-0.05, 0) is 36.8 Å². The minimum absolute atomic E-state index is 0.0187. The molecule has 1 aliphatic rings. The first kappa shape index (κ1) is 19.0. The maximum absolute atomic E-state index is 13.0. The molecule has 0 saturated heterocycles. The topological polar surface area (TPSA) is 61.8 Å². The molecule has 0 radical (unpaired) electrons. The van der Waals surface area contributed by atoms with Crippen molar-refractivity contribution in [3.63, 3.8) is 0 Å². The molecule has 26 heavy (non-hydrogen) atoms. The number of amides is 1. The Hall–Kier alpha value is -1.76. The summed E-state index contributed by atoms with van der Waals surface area (Å²) in [6, 6.07) is 10.9. The molecule has 0 aromatic heterocycles. The quantitative estimate of drug-likeness (QED) is 0.698. The largest absolute Gasteiger partial charge is 0.491 e. The first-order chi connectivity index (χ1) is 12.5. The van der Waals surface area contributed by atoms with Crippen LogP contribution in [-0.4, -0.2) is 35.7 Å². The predicted molar refractivity (Wildman–Crippen MR) is 106 cm³/mol. The third-order valence-corrected chi connectivity index (χ3v) is 5.09.